The summed E-state index contributed by atoms with van der Waals surface area (Å²) in [6, 6.07) is 11.2. The van der Waals surface area contributed by atoms with Crippen molar-refractivity contribution in [2.24, 2.45) is 7.05 Å². The van der Waals surface area contributed by atoms with E-state index in [-0.39, 0.29) is 5.91 Å². The van der Waals surface area contributed by atoms with E-state index in [4.69, 9.17) is 11.6 Å². The Morgan fingerprint density at radius 3 is 2.86 bits per heavy atom. The Hall–Kier alpha value is -2.33. The molecule has 5 heteroatoms. The normalized spacial score (nSPS) is 10.8. The van der Waals surface area contributed by atoms with Crippen LogP contribution in [0, 0.1) is 6.92 Å². The van der Waals surface area contributed by atoms with Crippen molar-refractivity contribution in [2.75, 3.05) is 5.32 Å². The summed E-state index contributed by atoms with van der Waals surface area (Å²) in [5.41, 5.74) is 2.41. The Morgan fingerprint density at radius 1 is 1.29 bits per heavy atom. The van der Waals surface area contributed by atoms with Gasteiger partial charge in [0.05, 0.1) is 0 Å². The lowest BCUT2D eigenvalue weighted by molar-refractivity contribution is 0.101. The Morgan fingerprint density at radius 2 is 2.10 bits per heavy atom. The molecule has 0 unspecified atom stereocenters. The first-order chi connectivity index (χ1) is 10.1. The van der Waals surface area contributed by atoms with E-state index >= 15 is 0 Å². The van der Waals surface area contributed by atoms with Crippen molar-refractivity contribution in [3.8, 4) is 0 Å². The highest BCUT2D eigenvalue weighted by Crippen LogP contribution is 2.23. The molecule has 0 bridgehead atoms. The smallest absolute Gasteiger partial charge is 0.273 e. The van der Waals surface area contributed by atoms with Gasteiger partial charge in [0.15, 0.2) is 0 Å². The van der Waals surface area contributed by atoms with Gasteiger partial charge in [-0.1, -0.05) is 23.7 Å². The Labute approximate surface area is 127 Å². The van der Waals surface area contributed by atoms with Crippen molar-refractivity contribution in [3.05, 3.63) is 58.9 Å². The van der Waals surface area contributed by atoms with Crippen LogP contribution in [0.3, 0.4) is 0 Å². The van der Waals surface area contributed by atoms with Crippen LogP contribution in [0.25, 0.3) is 10.9 Å². The summed E-state index contributed by atoms with van der Waals surface area (Å²) in [5.74, 6) is 0.386. The highest BCUT2D eigenvalue weighted by Gasteiger charge is 2.14. The lowest BCUT2D eigenvalue weighted by Gasteiger charge is -2.07. The molecule has 1 N–H and O–H groups in total. The van der Waals surface area contributed by atoms with Crippen LogP contribution in [-0.4, -0.2) is 15.5 Å². The minimum atomic E-state index is -0.188. The zero-order chi connectivity index (χ0) is 15.0. The number of carbonyl (C=O) groups is 1. The van der Waals surface area contributed by atoms with E-state index in [0.717, 1.165) is 16.5 Å². The SMILES string of the molecule is Cc1cccnc1NC(=O)c1cc2ccc(Cl)cc2n1C. The molecule has 4 nitrogen and oxygen atoms in total. The largest absolute Gasteiger partial charge is 0.340 e. The molecule has 2 aromatic heterocycles. The van der Waals surface area contributed by atoms with E-state index in [9.17, 15) is 4.79 Å². The summed E-state index contributed by atoms with van der Waals surface area (Å²) in [4.78, 5) is 16.6. The molecule has 3 aromatic rings. The fourth-order valence-electron chi connectivity index (χ4n) is 2.31. The standard InChI is InChI=1S/C16H14ClN3O/c1-10-4-3-7-18-15(10)19-16(21)14-8-11-5-6-12(17)9-13(11)20(14)2/h3-9H,1-2H3,(H,18,19,21). The number of benzene rings is 1. The number of rotatable bonds is 2. The second-order valence-corrected chi connectivity index (χ2v) is 5.35. The number of hydrogen-bond acceptors (Lipinski definition) is 2. The molecule has 0 radical (unpaired) electrons. The van der Waals surface area contributed by atoms with Gasteiger partial charge in [0.1, 0.15) is 11.5 Å². The lowest BCUT2D eigenvalue weighted by atomic mass is 10.2. The van der Waals surface area contributed by atoms with E-state index in [1.165, 1.54) is 0 Å². The van der Waals surface area contributed by atoms with E-state index in [1.54, 1.807) is 6.20 Å². The Bertz CT molecular complexity index is 839. The molecule has 1 aromatic carbocycles. The molecule has 21 heavy (non-hydrogen) atoms. The number of nitrogens with one attached hydrogen (secondary N) is 1. The van der Waals surface area contributed by atoms with Gasteiger partial charge in [-0.3, -0.25) is 4.79 Å². The molecule has 3 rings (SSSR count). The zero-order valence-electron chi connectivity index (χ0n) is 11.7. The molecule has 0 spiro atoms. The van der Waals surface area contributed by atoms with Gasteiger partial charge >= 0.3 is 0 Å². The molecule has 0 atom stereocenters. The number of pyridine rings is 1. The molecule has 0 aliphatic heterocycles. The summed E-state index contributed by atoms with van der Waals surface area (Å²) in [7, 11) is 1.85. The number of fused-ring (bicyclic) bond motifs is 1. The van der Waals surface area contributed by atoms with E-state index in [2.05, 4.69) is 10.3 Å². The second kappa shape index (κ2) is 5.22. The maximum Gasteiger partial charge on any atom is 0.273 e. The average molecular weight is 300 g/mol. The van der Waals surface area contributed by atoms with E-state index < -0.39 is 0 Å². The van der Waals surface area contributed by atoms with Gasteiger partial charge in [-0.05, 0) is 36.8 Å². The molecular weight excluding hydrogens is 286 g/mol. The Kier molecular flexibility index (Phi) is 3.39. The predicted molar refractivity (Wildman–Crippen MR) is 84.9 cm³/mol. The average Bonchev–Trinajstić information content (AvgIpc) is 2.79. The maximum atomic E-state index is 12.4. The first kappa shape index (κ1) is 13.6. The number of carbonyl (C=O) groups excluding carboxylic acids is 1. The molecule has 0 aliphatic carbocycles. The summed E-state index contributed by atoms with van der Waals surface area (Å²) < 4.78 is 1.83. The van der Waals surface area contributed by atoms with Crippen LogP contribution in [0.1, 0.15) is 16.1 Å². The summed E-state index contributed by atoms with van der Waals surface area (Å²) in [6.45, 7) is 1.91. The first-order valence-corrected chi connectivity index (χ1v) is 6.92. The van der Waals surface area contributed by atoms with Crippen LogP contribution in [0.15, 0.2) is 42.6 Å². The number of halogens is 1. The van der Waals surface area contributed by atoms with Gasteiger partial charge in [0.2, 0.25) is 0 Å². The van der Waals surface area contributed by atoms with Gasteiger partial charge in [0.25, 0.3) is 5.91 Å². The molecule has 106 valence electrons. The molecule has 0 saturated heterocycles. The van der Waals surface area contributed by atoms with Gasteiger partial charge in [0, 0.05) is 29.2 Å². The highest BCUT2D eigenvalue weighted by atomic mass is 35.5. The maximum absolute atomic E-state index is 12.4. The number of amides is 1. The van der Waals surface area contributed by atoms with Crippen LogP contribution in [0.5, 0.6) is 0 Å². The van der Waals surface area contributed by atoms with Crippen LogP contribution in [0.4, 0.5) is 5.82 Å². The summed E-state index contributed by atoms with van der Waals surface area (Å²) in [5, 5.41) is 4.46. The van der Waals surface area contributed by atoms with Crippen LogP contribution in [-0.2, 0) is 7.05 Å². The zero-order valence-corrected chi connectivity index (χ0v) is 12.5. The predicted octanol–water partition coefficient (Wildman–Crippen LogP) is 3.79. The van der Waals surface area contributed by atoms with Gasteiger partial charge < -0.3 is 9.88 Å². The van der Waals surface area contributed by atoms with Crippen molar-refractivity contribution in [3.63, 3.8) is 0 Å². The van der Waals surface area contributed by atoms with Crippen molar-refractivity contribution < 1.29 is 4.79 Å². The lowest BCUT2D eigenvalue weighted by Crippen LogP contribution is -2.16. The third-order valence-corrected chi connectivity index (χ3v) is 3.72. The number of nitrogens with zero attached hydrogens (tertiary/aromatic N) is 2. The van der Waals surface area contributed by atoms with Gasteiger partial charge in [-0.15, -0.1) is 0 Å². The van der Waals surface area contributed by atoms with Crippen molar-refractivity contribution in [1.29, 1.82) is 0 Å². The summed E-state index contributed by atoms with van der Waals surface area (Å²) >= 11 is 6.01. The second-order valence-electron chi connectivity index (χ2n) is 4.91. The number of aryl methyl sites for hydroxylation is 2. The van der Waals surface area contributed by atoms with Crippen LogP contribution < -0.4 is 5.32 Å². The molecule has 2 heterocycles. The van der Waals surface area contributed by atoms with Crippen LogP contribution >= 0.6 is 11.6 Å². The third kappa shape index (κ3) is 2.50. The molecule has 0 saturated carbocycles. The quantitative estimate of drug-likeness (QED) is 0.782. The van der Waals surface area contributed by atoms with E-state index in [0.29, 0.717) is 16.5 Å². The summed E-state index contributed by atoms with van der Waals surface area (Å²) in [6.07, 6.45) is 1.66. The molecule has 1 amide bonds. The highest BCUT2D eigenvalue weighted by molar-refractivity contribution is 6.31. The first-order valence-electron chi connectivity index (χ1n) is 6.54. The van der Waals surface area contributed by atoms with E-state index in [1.807, 2.05) is 54.9 Å². The van der Waals surface area contributed by atoms with Crippen LogP contribution in [0.2, 0.25) is 5.02 Å². The van der Waals surface area contributed by atoms with Crippen molar-refractivity contribution >= 4 is 34.2 Å². The number of anilines is 1. The van der Waals surface area contributed by atoms with Gasteiger partial charge in [-0.2, -0.15) is 0 Å². The topological polar surface area (TPSA) is 46.9 Å². The fourth-order valence-corrected chi connectivity index (χ4v) is 2.48. The minimum absolute atomic E-state index is 0.188. The Balaban J connectivity index is 1.99. The fraction of sp³-hybridized carbons (Fsp3) is 0.125. The molecule has 0 aliphatic rings. The number of aromatic nitrogens is 2. The van der Waals surface area contributed by atoms with Gasteiger partial charge in [-0.25, -0.2) is 4.98 Å². The third-order valence-electron chi connectivity index (χ3n) is 3.48. The minimum Gasteiger partial charge on any atom is -0.340 e. The van der Waals surface area contributed by atoms with Crippen molar-refractivity contribution in [2.45, 2.75) is 6.92 Å². The monoisotopic (exact) mass is 299 g/mol. The molecule has 0 fully saturated rings. The van der Waals surface area contributed by atoms with Crippen molar-refractivity contribution in [1.82, 2.24) is 9.55 Å². The molecular formula is C16H14ClN3O. The number of hydrogen-bond donors (Lipinski definition) is 1.